The first-order valence-corrected chi connectivity index (χ1v) is 4.75. The summed E-state index contributed by atoms with van der Waals surface area (Å²) >= 11 is 5.90. The summed E-state index contributed by atoms with van der Waals surface area (Å²) in [5, 5.41) is 10.6. The molecule has 0 saturated carbocycles. The van der Waals surface area contributed by atoms with Crippen molar-refractivity contribution >= 4 is 28.3 Å². The van der Waals surface area contributed by atoms with Gasteiger partial charge in [0.05, 0.1) is 5.56 Å². The van der Waals surface area contributed by atoms with Crippen LogP contribution in [0, 0.1) is 6.92 Å². The fourth-order valence-corrected chi connectivity index (χ4v) is 1.70. The largest absolute Gasteiger partial charge is 0.478 e. The maximum absolute atomic E-state index is 10.9. The molecule has 0 aliphatic heterocycles. The Balaban J connectivity index is 2.88. The third-order valence-corrected chi connectivity index (χ3v) is 2.53. The Morgan fingerprint density at radius 3 is 2.80 bits per heavy atom. The predicted octanol–water partition coefficient (Wildman–Crippen LogP) is 2.89. The van der Waals surface area contributed by atoms with E-state index in [1.165, 1.54) is 6.20 Å². The SMILES string of the molecule is Cc1ccc2c(C(=O)O)cnc(Cl)c2c1. The number of halogens is 1. The van der Waals surface area contributed by atoms with Gasteiger partial charge in [0.1, 0.15) is 5.15 Å². The Morgan fingerprint density at radius 2 is 2.13 bits per heavy atom. The normalized spacial score (nSPS) is 10.5. The molecule has 0 radical (unpaired) electrons. The van der Waals surface area contributed by atoms with Gasteiger partial charge in [-0.05, 0) is 13.0 Å². The summed E-state index contributed by atoms with van der Waals surface area (Å²) in [5.74, 6) is -0.993. The van der Waals surface area contributed by atoms with E-state index in [0.717, 1.165) is 5.56 Å². The number of aryl methyl sites for hydroxylation is 1. The fourth-order valence-electron chi connectivity index (χ4n) is 1.49. The van der Waals surface area contributed by atoms with Crippen molar-refractivity contribution in [3.05, 3.63) is 40.7 Å². The number of rotatable bonds is 1. The smallest absolute Gasteiger partial charge is 0.337 e. The Bertz CT molecular complexity index is 552. The lowest BCUT2D eigenvalue weighted by Gasteiger charge is -2.04. The standard InChI is InChI=1S/C11H8ClNO2/c1-6-2-3-7-8(4-6)10(12)13-5-9(7)11(14)15/h2-5H,1H3,(H,14,15). The van der Waals surface area contributed by atoms with Gasteiger partial charge in [-0.1, -0.05) is 29.3 Å². The van der Waals surface area contributed by atoms with Gasteiger partial charge in [-0.2, -0.15) is 0 Å². The average Bonchev–Trinajstić information content (AvgIpc) is 2.19. The highest BCUT2D eigenvalue weighted by molar-refractivity contribution is 6.34. The molecule has 0 spiro atoms. The summed E-state index contributed by atoms with van der Waals surface area (Å²) in [7, 11) is 0. The molecule has 4 heteroatoms. The van der Waals surface area contributed by atoms with Crippen LogP contribution in [0.4, 0.5) is 0 Å². The third kappa shape index (κ3) is 1.66. The molecule has 0 atom stereocenters. The van der Waals surface area contributed by atoms with E-state index in [4.69, 9.17) is 16.7 Å². The number of aromatic carboxylic acids is 1. The van der Waals surface area contributed by atoms with Crippen molar-refractivity contribution in [2.24, 2.45) is 0 Å². The zero-order valence-corrected chi connectivity index (χ0v) is 8.75. The Kier molecular flexibility index (Phi) is 2.32. The molecule has 1 aromatic heterocycles. The van der Waals surface area contributed by atoms with Crippen LogP contribution in [-0.4, -0.2) is 16.1 Å². The van der Waals surface area contributed by atoms with Gasteiger partial charge >= 0.3 is 5.97 Å². The van der Waals surface area contributed by atoms with E-state index in [0.29, 0.717) is 15.9 Å². The second kappa shape index (κ2) is 3.51. The van der Waals surface area contributed by atoms with E-state index in [-0.39, 0.29) is 5.56 Å². The van der Waals surface area contributed by atoms with Crippen LogP contribution in [0.3, 0.4) is 0 Å². The molecule has 1 aromatic carbocycles. The van der Waals surface area contributed by atoms with Crippen molar-refractivity contribution in [3.8, 4) is 0 Å². The molecular weight excluding hydrogens is 214 g/mol. The number of pyridine rings is 1. The van der Waals surface area contributed by atoms with Gasteiger partial charge in [0.25, 0.3) is 0 Å². The molecule has 0 aliphatic carbocycles. The Hall–Kier alpha value is -1.61. The molecule has 0 saturated heterocycles. The maximum atomic E-state index is 10.9. The van der Waals surface area contributed by atoms with Crippen LogP contribution in [0.1, 0.15) is 15.9 Å². The van der Waals surface area contributed by atoms with E-state index in [2.05, 4.69) is 4.98 Å². The number of benzene rings is 1. The number of carboxylic acids is 1. The molecule has 76 valence electrons. The molecule has 0 fully saturated rings. The van der Waals surface area contributed by atoms with Crippen LogP contribution >= 0.6 is 11.6 Å². The monoisotopic (exact) mass is 221 g/mol. The number of hydrogen-bond acceptors (Lipinski definition) is 2. The lowest BCUT2D eigenvalue weighted by atomic mass is 10.1. The number of nitrogens with zero attached hydrogens (tertiary/aromatic N) is 1. The molecule has 3 nitrogen and oxygen atoms in total. The van der Waals surface area contributed by atoms with Crippen molar-refractivity contribution in [3.63, 3.8) is 0 Å². The minimum absolute atomic E-state index is 0.175. The molecule has 0 unspecified atom stereocenters. The first-order chi connectivity index (χ1) is 7.09. The van der Waals surface area contributed by atoms with Crippen LogP contribution in [0.25, 0.3) is 10.8 Å². The van der Waals surface area contributed by atoms with Crippen molar-refractivity contribution < 1.29 is 9.90 Å². The fraction of sp³-hybridized carbons (Fsp3) is 0.0909. The van der Waals surface area contributed by atoms with Gasteiger partial charge in [-0.25, -0.2) is 9.78 Å². The van der Waals surface area contributed by atoms with E-state index >= 15 is 0 Å². The Labute approximate surface area is 91.3 Å². The average molecular weight is 222 g/mol. The third-order valence-electron chi connectivity index (χ3n) is 2.22. The van der Waals surface area contributed by atoms with Crippen molar-refractivity contribution in [1.29, 1.82) is 0 Å². The zero-order valence-electron chi connectivity index (χ0n) is 7.99. The highest BCUT2D eigenvalue weighted by atomic mass is 35.5. The summed E-state index contributed by atoms with van der Waals surface area (Å²) in [4.78, 5) is 14.8. The minimum Gasteiger partial charge on any atom is -0.478 e. The van der Waals surface area contributed by atoms with Gasteiger partial charge in [0.15, 0.2) is 0 Å². The Morgan fingerprint density at radius 1 is 1.40 bits per heavy atom. The van der Waals surface area contributed by atoms with Gasteiger partial charge in [-0.15, -0.1) is 0 Å². The number of carbonyl (C=O) groups is 1. The van der Waals surface area contributed by atoms with Crippen LogP contribution in [-0.2, 0) is 0 Å². The zero-order chi connectivity index (χ0) is 11.0. The van der Waals surface area contributed by atoms with Crippen LogP contribution < -0.4 is 0 Å². The van der Waals surface area contributed by atoms with Crippen LogP contribution in [0.5, 0.6) is 0 Å². The molecule has 0 amide bonds. The second-order valence-electron chi connectivity index (χ2n) is 3.32. The summed E-state index contributed by atoms with van der Waals surface area (Å²) in [6.07, 6.45) is 1.28. The summed E-state index contributed by atoms with van der Waals surface area (Å²) in [6.45, 7) is 1.92. The molecular formula is C11H8ClNO2. The molecule has 1 N–H and O–H groups in total. The molecule has 15 heavy (non-hydrogen) atoms. The summed E-state index contributed by atoms with van der Waals surface area (Å²) < 4.78 is 0. The highest BCUT2D eigenvalue weighted by Gasteiger charge is 2.11. The van der Waals surface area contributed by atoms with Crippen LogP contribution in [0.2, 0.25) is 5.15 Å². The number of hydrogen-bond donors (Lipinski definition) is 1. The van der Waals surface area contributed by atoms with Gasteiger partial charge in [0, 0.05) is 17.0 Å². The molecule has 0 aliphatic rings. The first kappa shape index (κ1) is 9.93. The molecule has 1 heterocycles. The lowest BCUT2D eigenvalue weighted by molar-refractivity contribution is 0.0698. The summed E-state index contributed by atoms with van der Waals surface area (Å²) in [6, 6.07) is 5.43. The topological polar surface area (TPSA) is 50.2 Å². The maximum Gasteiger partial charge on any atom is 0.337 e. The quantitative estimate of drug-likeness (QED) is 0.754. The van der Waals surface area contributed by atoms with E-state index < -0.39 is 5.97 Å². The van der Waals surface area contributed by atoms with E-state index in [9.17, 15) is 4.79 Å². The molecule has 0 bridgehead atoms. The van der Waals surface area contributed by atoms with Gasteiger partial charge in [0.2, 0.25) is 0 Å². The minimum atomic E-state index is -0.993. The van der Waals surface area contributed by atoms with Crippen molar-refractivity contribution in [2.45, 2.75) is 6.92 Å². The van der Waals surface area contributed by atoms with Crippen molar-refractivity contribution in [1.82, 2.24) is 4.98 Å². The van der Waals surface area contributed by atoms with Crippen LogP contribution in [0.15, 0.2) is 24.4 Å². The van der Waals surface area contributed by atoms with E-state index in [1.807, 2.05) is 19.1 Å². The van der Waals surface area contributed by atoms with Gasteiger partial charge < -0.3 is 5.11 Å². The van der Waals surface area contributed by atoms with E-state index in [1.54, 1.807) is 6.07 Å². The first-order valence-electron chi connectivity index (χ1n) is 4.38. The lowest BCUT2D eigenvalue weighted by Crippen LogP contribution is -1.99. The molecule has 2 rings (SSSR count). The van der Waals surface area contributed by atoms with Crippen molar-refractivity contribution in [2.75, 3.05) is 0 Å². The number of fused-ring (bicyclic) bond motifs is 1. The molecule has 2 aromatic rings. The second-order valence-corrected chi connectivity index (χ2v) is 3.67. The predicted molar refractivity (Wildman–Crippen MR) is 58.4 cm³/mol. The number of aromatic nitrogens is 1. The number of carboxylic acid groups (broad SMARTS) is 1. The highest BCUT2D eigenvalue weighted by Crippen LogP contribution is 2.25. The van der Waals surface area contributed by atoms with Gasteiger partial charge in [-0.3, -0.25) is 0 Å². The summed E-state index contributed by atoms with van der Waals surface area (Å²) in [5.41, 5.74) is 1.20.